The van der Waals surface area contributed by atoms with Crippen LogP contribution in [0.4, 0.5) is 8.78 Å². The molecule has 2 rings (SSSR count). The highest BCUT2D eigenvalue weighted by molar-refractivity contribution is 9.10. The summed E-state index contributed by atoms with van der Waals surface area (Å²) in [4.78, 5) is 4.01. The maximum Gasteiger partial charge on any atom is 0.130 e. The summed E-state index contributed by atoms with van der Waals surface area (Å²) in [6.45, 7) is 0. The molecule has 0 radical (unpaired) electrons. The third kappa shape index (κ3) is 3.11. The largest absolute Gasteiger partial charge is 0.324 e. The van der Waals surface area contributed by atoms with Crippen LogP contribution in [0.5, 0.6) is 0 Å². The molecule has 18 heavy (non-hydrogen) atoms. The van der Waals surface area contributed by atoms with Crippen LogP contribution in [0.25, 0.3) is 0 Å². The third-order valence-corrected chi connectivity index (χ3v) is 3.01. The van der Waals surface area contributed by atoms with Crippen molar-refractivity contribution < 1.29 is 8.78 Å². The summed E-state index contributed by atoms with van der Waals surface area (Å²) < 4.78 is 27.2. The van der Waals surface area contributed by atoms with Gasteiger partial charge < -0.3 is 5.73 Å². The Morgan fingerprint density at radius 2 is 2.00 bits per heavy atom. The predicted molar refractivity (Wildman–Crippen MR) is 68.9 cm³/mol. The molecule has 2 nitrogen and oxygen atoms in total. The molecule has 1 unspecified atom stereocenters. The molecule has 0 saturated heterocycles. The maximum absolute atomic E-state index is 13.5. The van der Waals surface area contributed by atoms with E-state index < -0.39 is 17.7 Å². The second-order valence-electron chi connectivity index (χ2n) is 3.99. The van der Waals surface area contributed by atoms with E-state index >= 15 is 0 Å². The summed E-state index contributed by atoms with van der Waals surface area (Å²) in [5.74, 6) is -1.22. The van der Waals surface area contributed by atoms with Crippen molar-refractivity contribution in [1.29, 1.82) is 0 Å². The van der Waals surface area contributed by atoms with Gasteiger partial charge in [0.2, 0.25) is 0 Å². The summed E-state index contributed by atoms with van der Waals surface area (Å²) in [7, 11) is 0. The van der Waals surface area contributed by atoms with E-state index in [1.807, 2.05) is 6.07 Å². The van der Waals surface area contributed by atoms with Crippen LogP contribution in [0.15, 0.2) is 41.1 Å². The Kier molecular flexibility index (Phi) is 4.04. The minimum atomic E-state index is -0.620. The van der Waals surface area contributed by atoms with Crippen molar-refractivity contribution in [2.45, 2.75) is 12.5 Å². The Morgan fingerprint density at radius 3 is 2.67 bits per heavy atom. The van der Waals surface area contributed by atoms with Crippen LogP contribution in [-0.2, 0) is 6.42 Å². The number of rotatable bonds is 3. The maximum atomic E-state index is 13.5. The first-order valence-electron chi connectivity index (χ1n) is 5.36. The number of benzene rings is 1. The minimum absolute atomic E-state index is 0.302. The molecule has 94 valence electrons. The van der Waals surface area contributed by atoms with E-state index in [4.69, 9.17) is 5.73 Å². The first-order valence-corrected chi connectivity index (χ1v) is 6.15. The number of hydrogen-bond acceptors (Lipinski definition) is 2. The van der Waals surface area contributed by atoms with Gasteiger partial charge >= 0.3 is 0 Å². The molecule has 0 bridgehead atoms. The van der Waals surface area contributed by atoms with E-state index in [1.165, 1.54) is 12.1 Å². The molecule has 0 aliphatic rings. The van der Waals surface area contributed by atoms with Crippen molar-refractivity contribution in [3.8, 4) is 0 Å². The Hall–Kier alpha value is -1.33. The molecule has 1 aromatic heterocycles. The molecular formula is C13H11BrF2N2. The van der Waals surface area contributed by atoms with Crippen LogP contribution in [0, 0.1) is 11.6 Å². The van der Waals surface area contributed by atoms with E-state index in [0.29, 0.717) is 12.0 Å². The predicted octanol–water partition coefficient (Wildman–Crippen LogP) is 3.36. The molecule has 0 amide bonds. The van der Waals surface area contributed by atoms with Crippen molar-refractivity contribution in [2.75, 3.05) is 0 Å². The average molecular weight is 313 g/mol. The van der Waals surface area contributed by atoms with Crippen LogP contribution < -0.4 is 5.73 Å². The van der Waals surface area contributed by atoms with Crippen LogP contribution >= 0.6 is 15.9 Å². The molecule has 0 aliphatic carbocycles. The highest BCUT2D eigenvalue weighted by Gasteiger charge is 2.13. The number of halogens is 3. The third-order valence-electron chi connectivity index (χ3n) is 2.58. The molecule has 2 N–H and O–H groups in total. The molecule has 2 aromatic rings. The standard InChI is InChI=1S/C13H11BrF2N2/c14-9-3-8(6-18-7-9)4-13(17)11-2-1-10(15)5-12(11)16/h1-3,5-7,13H,4,17H2. The number of nitrogens with zero attached hydrogens (tertiary/aromatic N) is 1. The molecule has 0 aliphatic heterocycles. The number of pyridine rings is 1. The summed E-state index contributed by atoms with van der Waals surface area (Å²) in [6.07, 6.45) is 3.77. The van der Waals surface area contributed by atoms with Crippen LogP contribution in [-0.4, -0.2) is 4.98 Å². The summed E-state index contributed by atoms with van der Waals surface area (Å²) in [5, 5.41) is 0. The SMILES string of the molecule is NC(Cc1cncc(Br)c1)c1ccc(F)cc1F. The van der Waals surface area contributed by atoms with Crippen molar-refractivity contribution in [2.24, 2.45) is 5.73 Å². The zero-order valence-corrected chi connectivity index (χ0v) is 11.0. The van der Waals surface area contributed by atoms with Gasteiger partial charge in [-0.3, -0.25) is 4.98 Å². The Morgan fingerprint density at radius 1 is 1.22 bits per heavy atom. The topological polar surface area (TPSA) is 38.9 Å². The van der Waals surface area contributed by atoms with Gasteiger partial charge in [-0.05, 0) is 40.0 Å². The fourth-order valence-electron chi connectivity index (χ4n) is 1.73. The fraction of sp³-hybridized carbons (Fsp3) is 0.154. The zero-order valence-electron chi connectivity index (χ0n) is 9.41. The summed E-state index contributed by atoms with van der Waals surface area (Å²) in [6, 6.07) is 4.77. The smallest absolute Gasteiger partial charge is 0.130 e. The number of nitrogens with two attached hydrogens (primary N) is 1. The van der Waals surface area contributed by atoms with Gasteiger partial charge in [0, 0.05) is 34.5 Å². The van der Waals surface area contributed by atoms with Gasteiger partial charge in [-0.2, -0.15) is 0 Å². The van der Waals surface area contributed by atoms with Crippen molar-refractivity contribution in [3.63, 3.8) is 0 Å². The van der Waals surface area contributed by atoms with E-state index in [9.17, 15) is 8.78 Å². The minimum Gasteiger partial charge on any atom is -0.324 e. The van der Waals surface area contributed by atoms with E-state index in [0.717, 1.165) is 16.1 Å². The van der Waals surface area contributed by atoms with Crippen molar-refractivity contribution in [3.05, 3.63) is 63.9 Å². The van der Waals surface area contributed by atoms with E-state index in [1.54, 1.807) is 12.4 Å². The lowest BCUT2D eigenvalue weighted by Gasteiger charge is -2.13. The van der Waals surface area contributed by atoms with Gasteiger partial charge in [0.25, 0.3) is 0 Å². The summed E-state index contributed by atoms with van der Waals surface area (Å²) >= 11 is 3.31. The zero-order chi connectivity index (χ0) is 13.1. The lowest BCUT2D eigenvalue weighted by Crippen LogP contribution is -2.15. The molecule has 1 atom stereocenters. The Labute approximate surface area is 112 Å². The van der Waals surface area contributed by atoms with Gasteiger partial charge in [-0.15, -0.1) is 0 Å². The number of hydrogen-bond donors (Lipinski definition) is 1. The first-order chi connectivity index (χ1) is 8.56. The molecule has 0 fully saturated rings. The highest BCUT2D eigenvalue weighted by atomic mass is 79.9. The quantitative estimate of drug-likeness (QED) is 0.943. The molecule has 5 heteroatoms. The Balaban J connectivity index is 2.19. The first kappa shape index (κ1) is 13.1. The molecule has 0 spiro atoms. The molecule has 1 heterocycles. The van der Waals surface area contributed by atoms with E-state index in [2.05, 4.69) is 20.9 Å². The van der Waals surface area contributed by atoms with Crippen molar-refractivity contribution in [1.82, 2.24) is 4.98 Å². The summed E-state index contributed by atoms with van der Waals surface area (Å²) in [5.41, 5.74) is 7.11. The average Bonchev–Trinajstić information content (AvgIpc) is 2.28. The van der Waals surface area contributed by atoms with Gasteiger partial charge in [-0.25, -0.2) is 8.78 Å². The molecular weight excluding hydrogens is 302 g/mol. The molecule has 1 aromatic carbocycles. The second-order valence-corrected chi connectivity index (χ2v) is 4.90. The van der Waals surface area contributed by atoms with Crippen molar-refractivity contribution >= 4 is 15.9 Å². The van der Waals surface area contributed by atoms with Crippen LogP contribution in [0.2, 0.25) is 0 Å². The fourth-order valence-corrected chi connectivity index (χ4v) is 2.15. The lowest BCUT2D eigenvalue weighted by molar-refractivity contribution is 0.554. The van der Waals surface area contributed by atoms with Gasteiger partial charge in [0.15, 0.2) is 0 Å². The normalized spacial score (nSPS) is 12.4. The van der Waals surface area contributed by atoms with E-state index in [-0.39, 0.29) is 0 Å². The lowest BCUT2D eigenvalue weighted by atomic mass is 10.0. The van der Waals surface area contributed by atoms with Crippen LogP contribution in [0.3, 0.4) is 0 Å². The highest BCUT2D eigenvalue weighted by Crippen LogP contribution is 2.21. The Bertz CT molecular complexity index is 560. The van der Waals surface area contributed by atoms with Gasteiger partial charge in [-0.1, -0.05) is 6.07 Å². The number of aromatic nitrogens is 1. The monoisotopic (exact) mass is 312 g/mol. The second kappa shape index (κ2) is 5.54. The van der Waals surface area contributed by atoms with Gasteiger partial charge in [0.1, 0.15) is 11.6 Å². The molecule has 0 saturated carbocycles. The van der Waals surface area contributed by atoms with Crippen LogP contribution in [0.1, 0.15) is 17.2 Å². The van der Waals surface area contributed by atoms with Gasteiger partial charge in [0.05, 0.1) is 0 Å².